The topological polar surface area (TPSA) is 89.1 Å². The molecule has 0 spiro atoms. The highest BCUT2D eigenvalue weighted by molar-refractivity contribution is 5.74. The van der Waals surface area contributed by atoms with Crippen LogP contribution >= 0.6 is 0 Å². The summed E-state index contributed by atoms with van der Waals surface area (Å²) < 4.78 is 13.7. The van der Waals surface area contributed by atoms with Crippen molar-refractivity contribution in [1.82, 2.24) is 9.97 Å². The van der Waals surface area contributed by atoms with Crippen molar-refractivity contribution < 1.29 is 14.3 Å². The fraction of sp³-hybridized carbons (Fsp3) is 0.154. The summed E-state index contributed by atoms with van der Waals surface area (Å²) in [6, 6.07) is 6.36. The predicted octanol–water partition coefficient (Wildman–Crippen LogP) is 1.68. The molecule has 0 aliphatic rings. The van der Waals surface area contributed by atoms with Gasteiger partial charge in [0, 0.05) is 11.3 Å². The largest absolute Gasteiger partial charge is 0.480 e. The lowest BCUT2D eigenvalue weighted by Gasteiger charge is -2.09. The lowest BCUT2D eigenvalue weighted by atomic mass is 10.1. The number of carbonyl (C=O) groups is 1. The van der Waals surface area contributed by atoms with Crippen molar-refractivity contribution in [3.63, 3.8) is 0 Å². The van der Waals surface area contributed by atoms with Gasteiger partial charge in [-0.25, -0.2) is 14.4 Å². The van der Waals surface area contributed by atoms with Gasteiger partial charge in [0.2, 0.25) is 0 Å². The number of hydrogen-bond acceptors (Lipinski definition) is 4. The minimum Gasteiger partial charge on any atom is -0.480 e. The first-order valence-electron chi connectivity index (χ1n) is 5.58. The molecule has 1 atom stereocenters. The Morgan fingerprint density at radius 3 is 2.68 bits per heavy atom. The Balaban J connectivity index is 2.54. The van der Waals surface area contributed by atoms with Gasteiger partial charge in [0.05, 0.1) is 5.69 Å². The van der Waals surface area contributed by atoms with E-state index in [4.69, 9.17) is 10.8 Å². The molecule has 1 unspecified atom stereocenters. The summed E-state index contributed by atoms with van der Waals surface area (Å²) in [4.78, 5) is 18.8. The molecule has 98 valence electrons. The van der Waals surface area contributed by atoms with E-state index in [-0.39, 0.29) is 11.4 Å². The number of carboxylic acid groups (broad SMARTS) is 1. The van der Waals surface area contributed by atoms with Gasteiger partial charge in [-0.15, -0.1) is 0 Å². The van der Waals surface area contributed by atoms with Crippen LogP contribution < -0.4 is 5.73 Å². The van der Waals surface area contributed by atoms with E-state index in [1.807, 2.05) is 0 Å². The molecule has 0 fully saturated rings. The highest BCUT2D eigenvalue weighted by Crippen LogP contribution is 2.22. The number of hydrogen-bond donors (Lipinski definition) is 2. The number of benzene rings is 1. The predicted molar refractivity (Wildman–Crippen MR) is 66.7 cm³/mol. The molecule has 0 bridgehead atoms. The van der Waals surface area contributed by atoms with Crippen LogP contribution in [-0.2, 0) is 4.79 Å². The van der Waals surface area contributed by atoms with Crippen LogP contribution in [0.3, 0.4) is 0 Å². The van der Waals surface area contributed by atoms with Crippen LogP contribution in [0.2, 0.25) is 0 Å². The first kappa shape index (κ1) is 13.1. The van der Waals surface area contributed by atoms with Gasteiger partial charge >= 0.3 is 5.97 Å². The van der Waals surface area contributed by atoms with Crippen LogP contribution in [0.4, 0.5) is 4.39 Å². The molecule has 1 aromatic heterocycles. The molecular formula is C13H12FN3O2. The van der Waals surface area contributed by atoms with E-state index < -0.39 is 17.8 Å². The number of aryl methyl sites for hydroxylation is 1. The maximum absolute atomic E-state index is 13.7. The van der Waals surface area contributed by atoms with Crippen molar-refractivity contribution in [3.05, 3.63) is 47.7 Å². The van der Waals surface area contributed by atoms with E-state index >= 15 is 0 Å². The number of nitrogens with two attached hydrogens (primary N) is 1. The lowest BCUT2D eigenvalue weighted by Crippen LogP contribution is -2.23. The third kappa shape index (κ3) is 2.74. The summed E-state index contributed by atoms with van der Waals surface area (Å²) in [5.41, 5.74) is 6.60. The van der Waals surface area contributed by atoms with E-state index in [1.165, 1.54) is 6.07 Å². The monoisotopic (exact) mass is 261 g/mol. The fourth-order valence-corrected chi connectivity index (χ4v) is 1.65. The van der Waals surface area contributed by atoms with Crippen LogP contribution in [0.25, 0.3) is 11.3 Å². The number of aromatic nitrogens is 2. The van der Waals surface area contributed by atoms with Crippen molar-refractivity contribution in [3.8, 4) is 11.3 Å². The van der Waals surface area contributed by atoms with Crippen LogP contribution in [0.15, 0.2) is 30.3 Å². The zero-order valence-electron chi connectivity index (χ0n) is 10.2. The van der Waals surface area contributed by atoms with Gasteiger partial charge in [-0.1, -0.05) is 12.1 Å². The molecule has 5 nitrogen and oxygen atoms in total. The quantitative estimate of drug-likeness (QED) is 0.877. The van der Waals surface area contributed by atoms with Gasteiger partial charge in [-0.05, 0) is 25.1 Å². The number of carboxylic acids is 1. The van der Waals surface area contributed by atoms with Crippen LogP contribution in [0.1, 0.15) is 17.6 Å². The molecule has 19 heavy (non-hydrogen) atoms. The molecule has 3 N–H and O–H groups in total. The molecule has 0 aliphatic heterocycles. The van der Waals surface area contributed by atoms with Crippen molar-refractivity contribution in [1.29, 1.82) is 0 Å². The molecule has 0 saturated carbocycles. The Bertz CT molecular complexity index is 631. The molecule has 6 heteroatoms. The summed E-state index contributed by atoms with van der Waals surface area (Å²) in [6.07, 6.45) is 0. The Morgan fingerprint density at radius 2 is 2.05 bits per heavy atom. The molecule has 1 heterocycles. The van der Waals surface area contributed by atoms with E-state index in [0.717, 1.165) is 0 Å². The van der Waals surface area contributed by atoms with Crippen LogP contribution in [-0.4, -0.2) is 21.0 Å². The SMILES string of the molecule is Cc1cc(-c2ccccc2F)nc(C(N)C(=O)O)n1. The maximum atomic E-state index is 13.7. The standard InChI is InChI=1S/C13H12FN3O2/c1-7-6-10(8-4-2-3-5-9(8)14)17-12(16-7)11(15)13(18)19/h2-6,11H,15H2,1H3,(H,18,19). The summed E-state index contributed by atoms with van der Waals surface area (Å²) in [7, 11) is 0. The lowest BCUT2D eigenvalue weighted by molar-refractivity contribution is -0.138. The van der Waals surface area contributed by atoms with Gasteiger partial charge < -0.3 is 10.8 Å². The summed E-state index contributed by atoms with van der Waals surface area (Å²) in [5, 5.41) is 8.86. The minimum atomic E-state index is -1.33. The second-order valence-electron chi connectivity index (χ2n) is 4.05. The number of nitrogens with zero attached hydrogens (tertiary/aromatic N) is 2. The molecule has 2 aromatic rings. The molecule has 2 rings (SSSR count). The molecule has 0 amide bonds. The van der Waals surface area contributed by atoms with Gasteiger partial charge in [0.1, 0.15) is 5.82 Å². The average Bonchev–Trinajstić information content (AvgIpc) is 2.37. The van der Waals surface area contributed by atoms with Gasteiger partial charge in [-0.2, -0.15) is 0 Å². The number of aliphatic carboxylic acids is 1. The minimum absolute atomic E-state index is 0.0363. The smallest absolute Gasteiger partial charge is 0.328 e. The van der Waals surface area contributed by atoms with Crippen molar-refractivity contribution in [2.45, 2.75) is 13.0 Å². The van der Waals surface area contributed by atoms with E-state index in [0.29, 0.717) is 11.4 Å². The second-order valence-corrected chi connectivity index (χ2v) is 4.05. The molecule has 1 aromatic carbocycles. The van der Waals surface area contributed by atoms with Crippen molar-refractivity contribution >= 4 is 5.97 Å². The number of halogens is 1. The van der Waals surface area contributed by atoms with E-state index in [2.05, 4.69) is 9.97 Å². The third-order valence-electron chi connectivity index (χ3n) is 2.57. The van der Waals surface area contributed by atoms with Crippen molar-refractivity contribution in [2.75, 3.05) is 0 Å². The highest BCUT2D eigenvalue weighted by Gasteiger charge is 2.19. The maximum Gasteiger partial charge on any atom is 0.328 e. The average molecular weight is 261 g/mol. The Morgan fingerprint density at radius 1 is 1.37 bits per heavy atom. The zero-order chi connectivity index (χ0) is 14.0. The normalized spacial score (nSPS) is 12.2. The summed E-state index contributed by atoms with van der Waals surface area (Å²) in [6.45, 7) is 1.67. The van der Waals surface area contributed by atoms with Crippen LogP contribution in [0.5, 0.6) is 0 Å². The fourth-order valence-electron chi connectivity index (χ4n) is 1.65. The Hall–Kier alpha value is -2.34. The first-order chi connectivity index (χ1) is 8.99. The highest BCUT2D eigenvalue weighted by atomic mass is 19.1. The van der Waals surface area contributed by atoms with E-state index in [9.17, 15) is 9.18 Å². The van der Waals surface area contributed by atoms with Crippen molar-refractivity contribution in [2.24, 2.45) is 5.73 Å². The summed E-state index contributed by atoms with van der Waals surface area (Å²) in [5.74, 6) is -1.70. The van der Waals surface area contributed by atoms with E-state index in [1.54, 1.807) is 31.2 Å². The zero-order valence-corrected chi connectivity index (χ0v) is 10.2. The van der Waals surface area contributed by atoms with Gasteiger partial charge in [0.15, 0.2) is 11.9 Å². The molecule has 0 aliphatic carbocycles. The molecule has 0 saturated heterocycles. The van der Waals surface area contributed by atoms with Gasteiger partial charge in [0.25, 0.3) is 0 Å². The first-order valence-corrected chi connectivity index (χ1v) is 5.58. The molecular weight excluding hydrogens is 249 g/mol. The Kier molecular flexibility index (Phi) is 3.52. The molecule has 0 radical (unpaired) electrons. The van der Waals surface area contributed by atoms with Crippen LogP contribution in [0, 0.1) is 12.7 Å². The third-order valence-corrected chi connectivity index (χ3v) is 2.57. The Labute approximate surface area is 108 Å². The summed E-state index contributed by atoms with van der Waals surface area (Å²) >= 11 is 0. The van der Waals surface area contributed by atoms with Gasteiger partial charge in [-0.3, -0.25) is 4.79 Å². The number of rotatable bonds is 3. The second kappa shape index (κ2) is 5.11.